The molecule has 0 aliphatic rings. The Hall–Kier alpha value is -2.94. The number of nitriles is 1. The Kier molecular flexibility index (Phi) is 5.85. The molecule has 1 aromatic carbocycles. The van der Waals surface area contributed by atoms with Gasteiger partial charge in [-0.2, -0.15) is 10.2 Å². The van der Waals surface area contributed by atoms with E-state index in [1.165, 1.54) is 0 Å². The summed E-state index contributed by atoms with van der Waals surface area (Å²) in [6, 6.07) is 7.81. The lowest BCUT2D eigenvalue weighted by Crippen LogP contribution is -2.13. The van der Waals surface area contributed by atoms with E-state index in [9.17, 15) is 0 Å². The molecule has 0 saturated carbocycles. The third kappa shape index (κ3) is 4.07. The molecule has 24 heavy (non-hydrogen) atoms. The lowest BCUT2D eigenvalue weighted by atomic mass is 10.2. The first kappa shape index (κ1) is 17.4. The molecule has 1 N–H and O–H groups in total. The van der Waals surface area contributed by atoms with Gasteiger partial charge in [0.1, 0.15) is 6.07 Å². The quantitative estimate of drug-likeness (QED) is 0.829. The standard InChI is InChI=1S/C18H21N3O3/c1-5-12(2)20-18-14(11-19)21-17(24-18)9-7-13-6-8-15(22-3)16(10-13)23-4/h6-10,12,20H,5H2,1-4H3/b9-7+. The molecule has 126 valence electrons. The van der Waals surface area contributed by atoms with Crippen LogP contribution in [0.25, 0.3) is 12.2 Å². The van der Waals surface area contributed by atoms with Gasteiger partial charge in [-0.05, 0) is 37.1 Å². The topological polar surface area (TPSA) is 80.3 Å². The molecule has 0 amide bonds. The van der Waals surface area contributed by atoms with E-state index in [4.69, 9.17) is 19.2 Å². The van der Waals surface area contributed by atoms with Crippen LogP contribution in [0.2, 0.25) is 0 Å². The smallest absolute Gasteiger partial charge is 0.232 e. The number of hydrogen-bond acceptors (Lipinski definition) is 6. The second kappa shape index (κ2) is 8.06. The van der Waals surface area contributed by atoms with E-state index >= 15 is 0 Å². The van der Waals surface area contributed by atoms with Crippen LogP contribution in [0.4, 0.5) is 5.88 Å². The van der Waals surface area contributed by atoms with Crippen LogP contribution in [0.3, 0.4) is 0 Å². The Balaban J connectivity index is 2.21. The summed E-state index contributed by atoms with van der Waals surface area (Å²) in [7, 11) is 3.18. The van der Waals surface area contributed by atoms with Gasteiger partial charge in [-0.3, -0.25) is 0 Å². The Morgan fingerprint density at radius 2 is 2.04 bits per heavy atom. The van der Waals surface area contributed by atoms with Gasteiger partial charge in [0.2, 0.25) is 17.5 Å². The number of aromatic nitrogens is 1. The van der Waals surface area contributed by atoms with Crippen molar-refractivity contribution in [3.63, 3.8) is 0 Å². The van der Waals surface area contributed by atoms with Crippen LogP contribution in [0, 0.1) is 11.3 Å². The maximum absolute atomic E-state index is 9.16. The Morgan fingerprint density at radius 1 is 1.29 bits per heavy atom. The van der Waals surface area contributed by atoms with Gasteiger partial charge >= 0.3 is 0 Å². The first-order valence-electron chi connectivity index (χ1n) is 7.68. The van der Waals surface area contributed by atoms with Crippen LogP contribution in [-0.4, -0.2) is 25.2 Å². The van der Waals surface area contributed by atoms with Crippen molar-refractivity contribution in [1.29, 1.82) is 5.26 Å². The highest BCUT2D eigenvalue weighted by molar-refractivity contribution is 5.68. The minimum atomic E-state index is 0.202. The number of methoxy groups -OCH3 is 2. The third-order valence-electron chi connectivity index (χ3n) is 3.57. The molecule has 2 aromatic rings. The number of anilines is 1. The van der Waals surface area contributed by atoms with Crippen LogP contribution < -0.4 is 14.8 Å². The van der Waals surface area contributed by atoms with Crippen LogP contribution in [-0.2, 0) is 0 Å². The summed E-state index contributed by atoms with van der Waals surface area (Å²) in [5.41, 5.74) is 1.16. The lowest BCUT2D eigenvalue weighted by Gasteiger charge is -2.08. The molecule has 0 radical (unpaired) electrons. The van der Waals surface area contributed by atoms with E-state index in [0.29, 0.717) is 23.3 Å². The summed E-state index contributed by atoms with van der Waals surface area (Å²) >= 11 is 0. The minimum absolute atomic E-state index is 0.202. The first-order valence-corrected chi connectivity index (χ1v) is 7.68. The zero-order valence-corrected chi connectivity index (χ0v) is 14.3. The van der Waals surface area contributed by atoms with Gasteiger partial charge in [0, 0.05) is 12.1 Å². The van der Waals surface area contributed by atoms with Gasteiger partial charge in [0.15, 0.2) is 11.5 Å². The van der Waals surface area contributed by atoms with E-state index in [1.807, 2.05) is 37.3 Å². The fourth-order valence-corrected chi connectivity index (χ4v) is 2.03. The summed E-state index contributed by atoms with van der Waals surface area (Å²) in [6.45, 7) is 4.07. The number of nitrogens with one attached hydrogen (secondary N) is 1. The van der Waals surface area contributed by atoms with Crippen molar-refractivity contribution in [2.24, 2.45) is 0 Å². The van der Waals surface area contributed by atoms with Crippen molar-refractivity contribution in [2.45, 2.75) is 26.3 Å². The summed E-state index contributed by atoms with van der Waals surface area (Å²) < 4.78 is 16.1. The molecule has 0 spiro atoms. The van der Waals surface area contributed by atoms with E-state index in [2.05, 4.69) is 17.2 Å². The second-order valence-corrected chi connectivity index (χ2v) is 5.24. The summed E-state index contributed by atoms with van der Waals surface area (Å²) in [4.78, 5) is 4.17. The molecule has 0 fully saturated rings. The molecular formula is C18H21N3O3. The molecule has 0 bridgehead atoms. The summed E-state index contributed by atoms with van der Waals surface area (Å²) in [5.74, 6) is 2.08. The largest absolute Gasteiger partial charge is 0.493 e. The van der Waals surface area contributed by atoms with Gasteiger partial charge in [-0.1, -0.05) is 13.0 Å². The number of hydrogen-bond donors (Lipinski definition) is 1. The molecular weight excluding hydrogens is 306 g/mol. The average molecular weight is 327 g/mol. The number of ether oxygens (including phenoxy) is 2. The van der Waals surface area contributed by atoms with E-state index in [0.717, 1.165) is 12.0 Å². The first-order chi connectivity index (χ1) is 11.6. The van der Waals surface area contributed by atoms with Gasteiger partial charge in [0.25, 0.3) is 0 Å². The number of nitrogens with zero attached hydrogens (tertiary/aromatic N) is 2. The lowest BCUT2D eigenvalue weighted by molar-refractivity contribution is 0.355. The highest BCUT2D eigenvalue weighted by Gasteiger charge is 2.13. The molecule has 1 aromatic heterocycles. The fourth-order valence-electron chi connectivity index (χ4n) is 2.03. The molecule has 2 rings (SSSR count). The molecule has 1 unspecified atom stereocenters. The Morgan fingerprint density at radius 3 is 2.67 bits per heavy atom. The van der Waals surface area contributed by atoms with E-state index in [-0.39, 0.29) is 11.7 Å². The van der Waals surface area contributed by atoms with Crippen LogP contribution in [0.15, 0.2) is 22.6 Å². The van der Waals surface area contributed by atoms with Crippen LogP contribution in [0.5, 0.6) is 11.5 Å². The number of oxazole rings is 1. The fraction of sp³-hybridized carbons (Fsp3) is 0.333. The average Bonchev–Trinajstić information content (AvgIpc) is 3.01. The summed E-state index contributed by atoms with van der Waals surface area (Å²) in [5, 5.41) is 12.3. The summed E-state index contributed by atoms with van der Waals surface area (Å²) in [6.07, 6.45) is 4.47. The maximum Gasteiger partial charge on any atom is 0.232 e. The van der Waals surface area contributed by atoms with Crippen molar-refractivity contribution in [2.75, 3.05) is 19.5 Å². The number of rotatable bonds is 7. The van der Waals surface area contributed by atoms with Crippen molar-refractivity contribution in [1.82, 2.24) is 4.98 Å². The molecule has 1 heterocycles. The minimum Gasteiger partial charge on any atom is -0.493 e. The molecule has 0 aliphatic heterocycles. The van der Waals surface area contributed by atoms with Crippen molar-refractivity contribution < 1.29 is 13.9 Å². The van der Waals surface area contributed by atoms with Gasteiger partial charge < -0.3 is 19.2 Å². The van der Waals surface area contributed by atoms with Gasteiger partial charge in [-0.15, -0.1) is 0 Å². The SMILES string of the molecule is CCC(C)Nc1oc(/C=C/c2ccc(OC)c(OC)c2)nc1C#N. The predicted molar refractivity (Wildman–Crippen MR) is 93.1 cm³/mol. The van der Waals surface area contributed by atoms with Gasteiger partial charge in [-0.25, -0.2) is 0 Å². The van der Waals surface area contributed by atoms with Crippen LogP contribution >= 0.6 is 0 Å². The number of benzene rings is 1. The van der Waals surface area contributed by atoms with E-state index in [1.54, 1.807) is 20.3 Å². The van der Waals surface area contributed by atoms with Crippen molar-refractivity contribution in [3.8, 4) is 17.6 Å². The zero-order valence-electron chi connectivity index (χ0n) is 14.3. The molecule has 0 saturated heterocycles. The zero-order chi connectivity index (χ0) is 17.5. The predicted octanol–water partition coefficient (Wildman–Crippen LogP) is 3.94. The monoisotopic (exact) mass is 327 g/mol. The molecule has 6 heteroatoms. The van der Waals surface area contributed by atoms with Crippen molar-refractivity contribution in [3.05, 3.63) is 35.3 Å². The molecule has 0 aliphatic carbocycles. The third-order valence-corrected chi connectivity index (χ3v) is 3.57. The second-order valence-electron chi connectivity index (χ2n) is 5.24. The van der Waals surface area contributed by atoms with Crippen LogP contribution in [0.1, 0.15) is 37.4 Å². The normalized spacial score (nSPS) is 12.0. The molecule has 6 nitrogen and oxygen atoms in total. The highest BCUT2D eigenvalue weighted by atomic mass is 16.5. The van der Waals surface area contributed by atoms with Gasteiger partial charge in [0.05, 0.1) is 14.2 Å². The molecule has 1 atom stereocenters. The van der Waals surface area contributed by atoms with Crippen molar-refractivity contribution >= 4 is 18.0 Å². The van der Waals surface area contributed by atoms with E-state index < -0.39 is 0 Å². The Bertz CT molecular complexity index is 759. The Labute approximate surface area is 141 Å². The highest BCUT2D eigenvalue weighted by Crippen LogP contribution is 2.28. The maximum atomic E-state index is 9.16.